The number of allylic oxidation sites excluding steroid dienone is 1. The number of aromatic nitrogens is 2. The molecule has 0 spiro atoms. The van der Waals surface area contributed by atoms with E-state index < -0.39 is 6.17 Å². The monoisotopic (exact) mass is 326 g/mol. The van der Waals surface area contributed by atoms with E-state index in [-0.39, 0.29) is 0 Å². The van der Waals surface area contributed by atoms with Crippen LogP contribution >= 0.6 is 0 Å². The fraction of sp³-hybridized carbons (Fsp3) is 0.300. The highest BCUT2D eigenvalue weighted by Crippen LogP contribution is 2.20. The van der Waals surface area contributed by atoms with Gasteiger partial charge < -0.3 is 4.74 Å². The minimum Gasteiger partial charge on any atom is -0.490 e. The normalized spacial score (nSPS) is 12.2. The molecule has 0 aliphatic heterocycles. The van der Waals surface area contributed by atoms with Crippen molar-refractivity contribution in [1.29, 1.82) is 0 Å². The van der Waals surface area contributed by atoms with Crippen LogP contribution in [0, 0.1) is 0 Å². The molecule has 0 saturated carbocycles. The minimum absolute atomic E-state index is 0.491. The lowest BCUT2D eigenvalue weighted by atomic mass is 10.1. The fourth-order valence-electron chi connectivity index (χ4n) is 2.17. The van der Waals surface area contributed by atoms with Gasteiger partial charge in [-0.3, -0.25) is 9.97 Å². The topological polar surface area (TPSA) is 35.0 Å². The van der Waals surface area contributed by atoms with Crippen molar-refractivity contribution in [2.45, 2.75) is 32.4 Å². The second kappa shape index (κ2) is 9.60. The molecule has 1 aromatic heterocycles. The number of halogens is 1. The minimum atomic E-state index is -0.731. The van der Waals surface area contributed by atoms with Crippen LogP contribution in [0.1, 0.15) is 31.9 Å². The maximum Gasteiger partial charge on any atom is 0.119 e. The van der Waals surface area contributed by atoms with E-state index in [1.54, 1.807) is 25.4 Å². The molecule has 1 atom stereocenters. The van der Waals surface area contributed by atoms with Crippen molar-refractivity contribution in [3.05, 3.63) is 61.1 Å². The summed E-state index contributed by atoms with van der Waals surface area (Å²) in [5, 5.41) is 0. The molecule has 4 heteroatoms. The Hall–Kier alpha value is -2.49. The summed E-state index contributed by atoms with van der Waals surface area (Å²) in [5.74, 6) is 0.800. The third-order valence-corrected chi connectivity index (χ3v) is 3.45. The molecular weight excluding hydrogens is 303 g/mol. The molecule has 24 heavy (non-hydrogen) atoms. The number of nitrogens with zero attached hydrogens (tertiary/aromatic N) is 2. The van der Waals surface area contributed by atoms with Crippen LogP contribution in [-0.4, -0.2) is 22.7 Å². The van der Waals surface area contributed by atoms with E-state index in [1.165, 1.54) is 0 Å². The standard InChI is InChI=1S/C20H23FN2O/c1-3-13-24-19-11-9-17(10-12-19)20-15-22-18(14-23-20)8-6-4-5-7-16(2)21/h3,6,8-12,14-16H,1,4-5,7,13H2,2H3/b8-6+. The number of hydrogen-bond acceptors (Lipinski definition) is 3. The van der Waals surface area contributed by atoms with E-state index in [9.17, 15) is 4.39 Å². The van der Waals surface area contributed by atoms with E-state index in [0.717, 1.165) is 35.5 Å². The van der Waals surface area contributed by atoms with Gasteiger partial charge in [-0.2, -0.15) is 0 Å². The Morgan fingerprint density at radius 2 is 2.00 bits per heavy atom. The lowest BCUT2D eigenvalue weighted by Crippen LogP contribution is -1.93. The van der Waals surface area contributed by atoms with Crippen molar-refractivity contribution >= 4 is 6.08 Å². The summed E-state index contributed by atoms with van der Waals surface area (Å²) >= 11 is 0. The van der Waals surface area contributed by atoms with Crippen LogP contribution in [0.2, 0.25) is 0 Å². The van der Waals surface area contributed by atoms with Gasteiger partial charge in [-0.1, -0.05) is 18.7 Å². The number of unbranched alkanes of at least 4 members (excludes halogenated alkanes) is 1. The molecule has 0 bridgehead atoms. The van der Waals surface area contributed by atoms with Crippen LogP contribution in [-0.2, 0) is 0 Å². The maximum absolute atomic E-state index is 12.7. The number of benzene rings is 1. The second-order valence-corrected chi connectivity index (χ2v) is 5.56. The van der Waals surface area contributed by atoms with E-state index in [4.69, 9.17) is 4.74 Å². The van der Waals surface area contributed by atoms with Crippen LogP contribution in [0.25, 0.3) is 17.3 Å². The summed E-state index contributed by atoms with van der Waals surface area (Å²) < 4.78 is 18.1. The Labute approximate surface area is 142 Å². The molecule has 0 N–H and O–H groups in total. The fourth-order valence-corrected chi connectivity index (χ4v) is 2.17. The molecule has 0 aliphatic rings. The SMILES string of the molecule is C=CCOc1ccc(-c2cnc(/C=C/CCCC(C)F)cn2)cc1. The van der Waals surface area contributed by atoms with Crippen LogP contribution in [0.15, 0.2) is 55.4 Å². The Balaban J connectivity index is 1.91. The second-order valence-electron chi connectivity index (χ2n) is 5.56. The predicted molar refractivity (Wildman–Crippen MR) is 96.6 cm³/mol. The van der Waals surface area contributed by atoms with Gasteiger partial charge in [0.1, 0.15) is 12.4 Å². The molecule has 1 heterocycles. The van der Waals surface area contributed by atoms with Crippen LogP contribution in [0.4, 0.5) is 4.39 Å². The van der Waals surface area contributed by atoms with Crippen molar-refractivity contribution in [3.8, 4) is 17.0 Å². The summed E-state index contributed by atoms with van der Waals surface area (Å²) in [7, 11) is 0. The molecule has 126 valence electrons. The highest BCUT2D eigenvalue weighted by atomic mass is 19.1. The molecule has 0 fully saturated rings. The average molecular weight is 326 g/mol. The zero-order valence-corrected chi connectivity index (χ0v) is 14.0. The molecule has 0 amide bonds. The van der Waals surface area contributed by atoms with Crippen molar-refractivity contribution in [3.63, 3.8) is 0 Å². The zero-order chi connectivity index (χ0) is 17.2. The number of rotatable bonds is 9. The van der Waals surface area contributed by atoms with E-state index >= 15 is 0 Å². The first-order valence-electron chi connectivity index (χ1n) is 8.16. The Bertz CT molecular complexity index is 648. The summed E-state index contributed by atoms with van der Waals surface area (Å²) in [6.07, 6.45) is 10.7. The largest absolute Gasteiger partial charge is 0.490 e. The lowest BCUT2D eigenvalue weighted by Gasteiger charge is -2.05. The summed E-state index contributed by atoms with van der Waals surface area (Å²) in [6.45, 7) is 5.70. The van der Waals surface area contributed by atoms with E-state index in [2.05, 4.69) is 16.5 Å². The maximum atomic E-state index is 12.7. The van der Waals surface area contributed by atoms with Gasteiger partial charge in [0.15, 0.2) is 0 Å². The van der Waals surface area contributed by atoms with Gasteiger partial charge in [-0.25, -0.2) is 4.39 Å². The highest BCUT2D eigenvalue weighted by molar-refractivity contribution is 5.59. The van der Waals surface area contributed by atoms with Crippen molar-refractivity contribution in [2.75, 3.05) is 6.61 Å². The van der Waals surface area contributed by atoms with Crippen LogP contribution < -0.4 is 4.74 Å². The molecule has 0 saturated heterocycles. The first kappa shape index (κ1) is 17.9. The van der Waals surface area contributed by atoms with Gasteiger partial charge in [-0.05, 0) is 56.5 Å². The van der Waals surface area contributed by atoms with E-state index in [1.807, 2.05) is 36.4 Å². The third-order valence-electron chi connectivity index (χ3n) is 3.45. The quantitative estimate of drug-likeness (QED) is 0.466. The highest BCUT2D eigenvalue weighted by Gasteiger charge is 2.01. The van der Waals surface area contributed by atoms with Gasteiger partial charge >= 0.3 is 0 Å². The summed E-state index contributed by atoms with van der Waals surface area (Å²) in [4.78, 5) is 8.83. The molecule has 3 nitrogen and oxygen atoms in total. The molecule has 2 rings (SSSR count). The van der Waals surface area contributed by atoms with Gasteiger partial charge in [0.05, 0.1) is 30.0 Å². The summed E-state index contributed by atoms with van der Waals surface area (Å²) in [5.41, 5.74) is 2.60. The van der Waals surface area contributed by atoms with Crippen molar-refractivity contribution in [2.24, 2.45) is 0 Å². The molecule has 0 radical (unpaired) electrons. The number of ether oxygens (including phenoxy) is 1. The van der Waals surface area contributed by atoms with E-state index in [0.29, 0.717) is 13.0 Å². The van der Waals surface area contributed by atoms with Gasteiger partial charge in [0.2, 0.25) is 0 Å². The first-order chi connectivity index (χ1) is 11.7. The van der Waals surface area contributed by atoms with Gasteiger partial charge in [-0.15, -0.1) is 0 Å². The lowest BCUT2D eigenvalue weighted by molar-refractivity contribution is 0.335. The number of alkyl halides is 1. The van der Waals surface area contributed by atoms with Crippen molar-refractivity contribution in [1.82, 2.24) is 9.97 Å². The molecule has 2 aromatic rings. The number of hydrogen-bond donors (Lipinski definition) is 0. The van der Waals surface area contributed by atoms with Gasteiger partial charge in [0.25, 0.3) is 0 Å². The van der Waals surface area contributed by atoms with Crippen molar-refractivity contribution < 1.29 is 9.13 Å². The van der Waals surface area contributed by atoms with Crippen LogP contribution in [0.5, 0.6) is 5.75 Å². The molecule has 1 unspecified atom stereocenters. The molecule has 0 aliphatic carbocycles. The third kappa shape index (κ3) is 5.95. The molecule has 1 aromatic carbocycles. The molecular formula is C20H23FN2O. The Morgan fingerprint density at radius 1 is 1.21 bits per heavy atom. The summed E-state index contributed by atoms with van der Waals surface area (Å²) in [6, 6.07) is 7.71. The average Bonchev–Trinajstić information content (AvgIpc) is 2.60. The van der Waals surface area contributed by atoms with Crippen LogP contribution in [0.3, 0.4) is 0 Å². The Kier molecular flexibility index (Phi) is 7.15. The predicted octanol–water partition coefficient (Wildman–Crippen LogP) is 5.25. The van der Waals surface area contributed by atoms with Gasteiger partial charge in [0, 0.05) is 5.56 Å². The Morgan fingerprint density at radius 3 is 2.62 bits per heavy atom. The zero-order valence-electron chi connectivity index (χ0n) is 14.0. The first-order valence-corrected chi connectivity index (χ1v) is 8.16. The smallest absolute Gasteiger partial charge is 0.119 e.